The van der Waals surface area contributed by atoms with Gasteiger partial charge in [0, 0.05) is 44.1 Å². The number of nitrogens with one attached hydrogen (secondary N) is 2. The van der Waals surface area contributed by atoms with Crippen LogP contribution in [0.5, 0.6) is 0 Å². The zero-order chi connectivity index (χ0) is 14.0. The summed E-state index contributed by atoms with van der Waals surface area (Å²) < 4.78 is 0. The van der Waals surface area contributed by atoms with E-state index in [9.17, 15) is 4.79 Å². The molecule has 2 N–H and O–H groups in total. The third-order valence-corrected chi connectivity index (χ3v) is 3.52. The summed E-state index contributed by atoms with van der Waals surface area (Å²) in [6.07, 6.45) is 0. The molecule has 1 aromatic carbocycles. The monoisotopic (exact) mass is 259 g/mol. The molecule has 1 fully saturated rings. The summed E-state index contributed by atoms with van der Waals surface area (Å²) >= 11 is 0. The number of rotatable bonds is 3. The first-order valence-corrected chi connectivity index (χ1v) is 6.47. The summed E-state index contributed by atoms with van der Waals surface area (Å²) in [5, 5.41) is 6.13. The maximum atomic E-state index is 12.1. The Bertz CT molecular complexity index is 526. The highest BCUT2D eigenvalue weighted by Crippen LogP contribution is 2.22. The predicted molar refractivity (Wildman–Crippen MR) is 79.7 cm³/mol. The molecule has 102 valence electrons. The molecule has 0 spiro atoms. The quantitative estimate of drug-likeness (QED) is 0.815. The van der Waals surface area contributed by atoms with Crippen LogP contribution in [0.1, 0.15) is 12.5 Å². The lowest BCUT2D eigenvalue weighted by atomic mass is 10.0. The van der Waals surface area contributed by atoms with Crippen molar-refractivity contribution in [3.63, 3.8) is 0 Å². The highest BCUT2D eigenvalue weighted by atomic mass is 16.1. The Hall–Kier alpha value is -1.81. The van der Waals surface area contributed by atoms with Gasteiger partial charge in [0.1, 0.15) is 0 Å². The number of nitrogens with zero attached hydrogens (tertiary/aromatic N) is 1. The van der Waals surface area contributed by atoms with Crippen molar-refractivity contribution >= 4 is 17.3 Å². The van der Waals surface area contributed by atoms with E-state index in [1.807, 2.05) is 45.0 Å². The van der Waals surface area contributed by atoms with E-state index >= 15 is 0 Å². The van der Waals surface area contributed by atoms with Crippen LogP contribution in [0.3, 0.4) is 0 Å². The van der Waals surface area contributed by atoms with E-state index in [2.05, 4.69) is 16.7 Å². The fraction of sp³-hybridized carbons (Fsp3) is 0.400. The summed E-state index contributed by atoms with van der Waals surface area (Å²) in [4.78, 5) is 14.2. The standard InChI is InChI=1S/C15H21N3O/c1-10-7-13(18(3)4)5-6-14(10)17-15(19)11(2)12-8-16-9-12/h5-7,16H,8-9H2,1-4H3,(H,17,19). The molecular weight excluding hydrogens is 238 g/mol. The van der Waals surface area contributed by atoms with E-state index in [1.54, 1.807) is 0 Å². The van der Waals surface area contributed by atoms with Gasteiger partial charge in [0.2, 0.25) is 0 Å². The van der Waals surface area contributed by atoms with Crippen molar-refractivity contribution in [1.29, 1.82) is 0 Å². The first kappa shape index (κ1) is 13.6. The molecule has 4 heteroatoms. The van der Waals surface area contributed by atoms with Crippen molar-refractivity contribution < 1.29 is 4.79 Å². The second-order valence-electron chi connectivity index (χ2n) is 5.18. The molecule has 0 bridgehead atoms. The Kier molecular flexibility index (Phi) is 3.90. The van der Waals surface area contributed by atoms with E-state index < -0.39 is 0 Å². The fourth-order valence-electron chi connectivity index (χ4n) is 1.96. The van der Waals surface area contributed by atoms with Crippen molar-refractivity contribution in [2.24, 2.45) is 0 Å². The summed E-state index contributed by atoms with van der Waals surface area (Å²) in [7, 11) is 4.01. The molecule has 4 nitrogen and oxygen atoms in total. The third kappa shape index (κ3) is 2.96. The maximum absolute atomic E-state index is 12.1. The van der Waals surface area contributed by atoms with Gasteiger partial charge in [-0.3, -0.25) is 4.79 Å². The van der Waals surface area contributed by atoms with Crippen molar-refractivity contribution in [3.05, 3.63) is 34.9 Å². The molecule has 2 rings (SSSR count). The minimum absolute atomic E-state index is 0.00259. The average Bonchev–Trinajstić information content (AvgIpc) is 2.29. The second-order valence-corrected chi connectivity index (χ2v) is 5.18. The van der Waals surface area contributed by atoms with E-state index in [-0.39, 0.29) is 5.91 Å². The van der Waals surface area contributed by atoms with Gasteiger partial charge in [-0.25, -0.2) is 0 Å². The Morgan fingerprint density at radius 2 is 2.00 bits per heavy atom. The summed E-state index contributed by atoms with van der Waals surface area (Å²) in [6, 6.07) is 6.04. The van der Waals surface area contributed by atoms with Crippen molar-refractivity contribution in [1.82, 2.24) is 5.32 Å². The van der Waals surface area contributed by atoms with Gasteiger partial charge in [-0.2, -0.15) is 0 Å². The van der Waals surface area contributed by atoms with Crippen LogP contribution in [-0.2, 0) is 4.79 Å². The van der Waals surface area contributed by atoms with Crippen LogP contribution in [0, 0.1) is 6.92 Å². The molecule has 0 unspecified atom stereocenters. The molecule has 19 heavy (non-hydrogen) atoms. The van der Waals surface area contributed by atoms with Gasteiger partial charge in [0.05, 0.1) is 0 Å². The lowest BCUT2D eigenvalue weighted by molar-refractivity contribution is -0.112. The summed E-state index contributed by atoms with van der Waals surface area (Å²) in [6.45, 7) is 5.56. The highest BCUT2D eigenvalue weighted by molar-refractivity contribution is 6.04. The van der Waals surface area contributed by atoms with E-state index in [0.29, 0.717) is 0 Å². The Morgan fingerprint density at radius 3 is 2.47 bits per heavy atom. The number of carbonyl (C=O) groups is 1. The smallest absolute Gasteiger partial charge is 0.251 e. The van der Waals surface area contributed by atoms with Crippen molar-refractivity contribution in [2.75, 3.05) is 37.4 Å². The predicted octanol–water partition coefficient (Wildman–Crippen LogP) is 1.92. The van der Waals surface area contributed by atoms with Gasteiger partial charge in [-0.05, 0) is 43.2 Å². The number of amides is 1. The first-order valence-electron chi connectivity index (χ1n) is 6.47. The van der Waals surface area contributed by atoms with Crippen LogP contribution in [-0.4, -0.2) is 33.1 Å². The van der Waals surface area contributed by atoms with Gasteiger partial charge >= 0.3 is 0 Å². The lowest BCUT2D eigenvalue weighted by Gasteiger charge is -2.22. The van der Waals surface area contributed by atoms with Gasteiger partial charge in [-0.15, -0.1) is 0 Å². The van der Waals surface area contributed by atoms with Crippen LogP contribution < -0.4 is 15.5 Å². The number of hydrogen-bond donors (Lipinski definition) is 2. The first-order chi connectivity index (χ1) is 8.99. The Balaban J connectivity index is 2.13. The van der Waals surface area contributed by atoms with E-state index in [1.165, 1.54) is 5.57 Å². The zero-order valence-electron chi connectivity index (χ0n) is 12.0. The Morgan fingerprint density at radius 1 is 1.32 bits per heavy atom. The summed E-state index contributed by atoms with van der Waals surface area (Å²) in [5.74, 6) is -0.00259. The van der Waals surface area contributed by atoms with Crippen molar-refractivity contribution in [3.8, 4) is 0 Å². The SMILES string of the molecule is CC(C(=O)Nc1ccc(N(C)C)cc1C)=C1CNC1. The van der Waals surface area contributed by atoms with Gasteiger partial charge < -0.3 is 15.5 Å². The summed E-state index contributed by atoms with van der Waals surface area (Å²) in [5.41, 5.74) is 5.11. The molecule has 1 amide bonds. The fourth-order valence-corrected chi connectivity index (χ4v) is 1.96. The van der Waals surface area contributed by atoms with Gasteiger partial charge in [0.25, 0.3) is 5.91 Å². The van der Waals surface area contributed by atoms with Crippen LogP contribution >= 0.6 is 0 Å². The van der Waals surface area contributed by atoms with E-state index in [0.717, 1.165) is 35.6 Å². The van der Waals surface area contributed by atoms with Gasteiger partial charge in [-0.1, -0.05) is 0 Å². The van der Waals surface area contributed by atoms with E-state index in [4.69, 9.17) is 0 Å². The zero-order valence-corrected chi connectivity index (χ0v) is 12.0. The molecule has 1 aliphatic heterocycles. The van der Waals surface area contributed by atoms with Crippen LogP contribution in [0.25, 0.3) is 0 Å². The number of anilines is 2. The molecule has 1 aliphatic rings. The maximum Gasteiger partial charge on any atom is 0.251 e. The molecule has 0 aliphatic carbocycles. The molecule has 0 saturated carbocycles. The van der Waals surface area contributed by atoms with Gasteiger partial charge in [0.15, 0.2) is 0 Å². The second kappa shape index (κ2) is 5.45. The molecule has 1 heterocycles. The number of carbonyl (C=O) groups excluding carboxylic acids is 1. The molecule has 1 aromatic rings. The Labute approximate surface area is 114 Å². The number of aryl methyl sites for hydroxylation is 1. The minimum atomic E-state index is -0.00259. The van der Waals surface area contributed by atoms with Crippen molar-refractivity contribution in [2.45, 2.75) is 13.8 Å². The minimum Gasteiger partial charge on any atom is -0.378 e. The molecule has 0 atom stereocenters. The molecule has 0 aromatic heterocycles. The average molecular weight is 259 g/mol. The normalized spacial score (nSPS) is 13.8. The molecule has 1 saturated heterocycles. The number of benzene rings is 1. The molecular formula is C15H21N3O. The van der Waals surface area contributed by atoms with Crippen LogP contribution in [0.2, 0.25) is 0 Å². The van der Waals surface area contributed by atoms with Crippen LogP contribution in [0.15, 0.2) is 29.3 Å². The molecule has 0 radical (unpaired) electrons. The topological polar surface area (TPSA) is 44.4 Å². The largest absolute Gasteiger partial charge is 0.378 e. The lowest BCUT2D eigenvalue weighted by Crippen LogP contribution is -2.36. The highest BCUT2D eigenvalue weighted by Gasteiger charge is 2.16. The van der Waals surface area contributed by atoms with Crippen LogP contribution in [0.4, 0.5) is 11.4 Å². The number of hydrogen-bond acceptors (Lipinski definition) is 3. The third-order valence-electron chi connectivity index (χ3n) is 3.52.